The highest BCUT2D eigenvalue weighted by Crippen LogP contribution is 2.36. The van der Waals surface area contributed by atoms with Crippen molar-refractivity contribution in [3.05, 3.63) is 35.6 Å². The van der Waals surface area contributed by atoms with Crippen LogP contribution >= 0.6 is 0 Å². The van der Waals surface area contributed by atoms with Crippen LogP contribution in [-0.2, 0) is 33.4 Å². The fraction of sp³-hybridized carbons (Fsp3) is 0.750. The molecule has 16 heteroatoms. The summed E-state index contributed by atoms with van der Waals surface area (Å²) in [4.78, 5) is 47.6. The van der Waals surface area contributed by atoms with Gasteiger partial charge in [-0.05, 0) is 66.2 Å². The molecule has 52 heavy (non-hydrogen) atoms. The summed E-state index contributed by atoms with van der Waals surface area (Å²) in [6.45, 7) is 12.8. The summed E-state index contributed by atoms with van der Waals surface area (Å²) in [5.74, 6) is -0.790. The van der Waals surface area contributed by atoms with Gasteiger partial charge in [0.05, 0.1) is 37.1 Å². The lowest BCUT2D eigenvalue weighted by atomic mass is 9.82. The van der Waals surface area contributed by atoms with Crippen molar-refractivity contribution in [1.29, 1.82) is 0 Å². The summed E-state index contributed by atoms with van der Waals surface area (Å²) in [5, 5.41) is 53.2. The van der Waals surface area contributed by atoms with Crippen molar-refractivity contribution >= 4 is 17.7 Å². The summed E-state index contributed by atoms with van der Waals surface area (Å²) in [6.07, 6.45) is 2.85. The smallest absolute Gasteiger partial charge is 0.276 e. The molecule has 0 aromatic carbocycles. The van der Waals surface area contributed by atoms with Gasteiger partial charge in [0.15, 0.2) is 12.6 Å². The Kier molecular flexibility index (Phi) is 14.8. The molecule has 4 heterocycles. The van der Waals surface area contributed by atoms with E-state index >= 15 is 0 Å². The number of amides is 3. The maximum atomic E-state index is 13.7. The summed E-state index contributed by atoms with van der Waals surface area (Å²) in [5.41, 5.74) is -0.319. The highest BCUT2D eigenvalue weighted by Gasteiger charge is 2.55. The Labute approximate surface area is 305 Å². The molecule has 5 rings (SSSR count). The Morgan fingerprint density at radius 3 is 2.29 bits per heavy atom. The second kappa shape index (κ2) is 18.4. The van der Waals surface area contributed by atoms with Crippen molar-refractivity contribution in [1.82, 2.24) is 20.6 Å². The van der Waals surface area contributed by atoms with E-state index in [2.05, 4.69) is 17.2 Å². The molecule has 1 saturated carbocycles. The average Bonchev–Trinajstić information content (AvgIpc) is 3.81. The standard InChI is InChI=1S/C32H50N4O10.C4H8O2/c1-20(8-14-43-24(5)37)16-26(39)35-12-6-10-31(19-35)23(4)33-32(30(42)34-31)11-7-13-36(46-32)27(40)17-21(2)9-15-44-28-18-25(38)29(41)22(3)45-28;5-2-3-1-4(3)6/h16-17,22,24-25,28-29,33,37-38,41H,4,6-15,18-19H2,1-3,5H3,(H,34,42);3-6H,1-2H2/b20-16+,21-17+;. The highest BCUT2D eigenvalue weighted by molar-refractivity contribution is 5.91. The number of nitrogens with one attached hydrogen (secondary N) is 2. The maximum absolute atomic E-state index is 13.7. The number of carbonyl (C=O) groups is 3. The molecule has 0 aromatic heterocycles. The van der Waals surface area contributed by atoms with Crippen LogP contribution in [0, 0.1) is 5.92 Å². The van der Waals surface area contributed by atoms with Crippen molar-refractivity contribution in [2.75, 3.05) is 39.5 Å². The summed E-state index contributed by atoms with van der Waals surface area (Å²) >= 11 is 0. The first-order valence-corrected chi connectivity index (χ1v) is 18.2. The van der Waals surface area contributed by atoms with Crippen LogP contribution in [0.5, 0.6) is 0 Å². The van der Waals surface area contributed by atoms with Gasteiger partial charge >= 0.3 is 0 Å². The van der Waals surface area contributed by atoms with Gasteiger partial charge in [0, 0.05) is 62.8 Å². The lowest BCUT2D eigenvalue weighted by Gasteiger charge is -2.53. The molecule has 0 bridgehead atoms. The van der Waals surface area contributed by atoms with Crippen molar-refractivity contribution in [2.45, 2.75) is 127 Å². The largest absolute Gasteiger partial charge is 0.396 e. The minimum absolute atomic E-state index is 0.154. The minimum Gasteiger partial charge on any atom is -0.396 e. The molecule has 2 spiro atoms. The number of hydroxylamine groups is 2. The van der Waals surface area contributed by atoms with Gasteiger partial charge in [-0.2, -0.15) is 0 Å². The molecule has 5 fully saturated rings. The van der Waals surface area contributed by atoms with Crippen LogP contribution in [0.2, 0.25) is 0 Å². The molecule has 4 saturated heterocycles. The molecule has 9 unspecified atom stereocenters. The zero-order valence-corrected chi connectivity index (χ0v) is 30.8. The molecule has 7 N–H and O–H groups in total. The Morgan fingerprint density at radius 1 is 1.02 bits per heavy atom. The number of rotatable bonds is 11. The Bertz CT molecular complexity index is 1330. The highest BCUT2D eigenvalue weighted by atomic mass is 16.7. The van der Waals surface area contributed by atoms with Gasteiger partial charge in [0.2, 0.25) is 11.6 Å². The third-order valence-electron chi connectivity index (χ3n) is 10.0. The van der Waals surface area contributed by atoms with Crippen molar-refractivity contribution in [3.8, 4) is 0 Å². The molecule has 16 nitrogen and oxygen atoms in total. The summed E-state index contributed by atoms with van der Waals surface area (Å²) in [6, 6.07) is 0. The predicted molar refractivity (Wildman–Crippen MR) is 186 cm³/mol. The number of likely N-dealkylation sites (tertiary alicyclic amines) is 1. The molecular weight excluding hydrogens is 680 g/mol. The lowest BCUT2D eigenvalue weighted by Crippen LogP contribution is -2.76. The van der Waals surface area contributed by atoms with Crippen LogP contribution in [0.3, 0.4) is 0 Å². The number of hydrogen-bond acceptors (Lipinski definition) is 13. The first kappa shape index (κ1) is 41.8. The van der Waals surface area contributed by atoms with E-state index in [0.29, 0.717) is 63.9 Å². The summed E-state index contributed by atoms with van der Waals surface area (Å²) < 4.78 is 16.4. The Balaban J connectivity index is 0.000000913. The van der Waals surface area contributed by atoms with Gasteiger partial charge in [-0.25, -0.2) is 9.90 Å². The molecular formula is C36H58N4O12. The fourth-order valence-corrected chi connectivity index (χ4v) is 6.58. The summed E-state index contributed by atoms with van der Waals surface area (Å²) in [7, 11) is 0. The zero-order valence-electron chi connectivity index (χ0n) is 30.8. The van der Waals surface area contributed by atoms with Gasteiger partial charge in [-0.1, -0.05) is 17.7 Å². The van der Waals surface area contributed by atoms with Crippen molar-refractivity contribution in [2.24, 2.45) is 5.92 Å². The number of aliphatic hydroxyl groups excluding tert-OH is 5. The second-order valence-corrected chi connectivity index (χ2v) is 14.6. The van der Waals surface area contributed by atoms with E-state index in [1.807, 2.05) is 6.92 Å². The van der Waals surface area contributed by atoms with Crippen molar-refractivity contribution < 1.29 is 59.0 Å². The predicted octanol–water partition coefficient (Wildman–Crippen LogP) is 0.0915. The van der Waals surface area contributed by atoms with Gasteiger partial charge in [0.25, 0.3) is 11.8 Å². The van der Waals surface area contributed by atoms with E-state index in [1.54, 1.807) is 24.8 Å². The number of ether oxygens (including phenoxy) is 3. The Morgan fingerprint density at radius 2 is 1.67 bits per heavy atom. The third-order valence-corrected chi connectivity index (χ3v) is 10.0. The number of piperidine rings is 1. The number of hydrogen-bond donors (Lipinski definition) is 7. The minimum atomic E-state index is -1.51. The molecule has 0 aromatic rings. The maximum Gasteiger partial charge on any atom is 0.276 e. The monoisotopic (exact) mass is 738 g/mol. The topological polar surface area (TPSA) is 220 Å². The van der Waals surface area contributed by atoms with Gasteiger partial charge < -0.3 is 55.3 Å². The normalized spacial score (nSPS) is 34.3. The molecule has 3 amide bonds. The van der Waals surface area contributed by atoms with Crippen LogP contribution in [0.25, 0.3) is 0 Å². The Hall–Kier alpha value is -2.93. The number of aliphatic hydroxyl groups is 5. The fourth-order valence-electron chi connectivity index (χ4n) is 6.58. The number of nitrogens with zero attached hydrogens (tertiary/aromatic N) is 2. The van der Waals surface area contributed by atoms with Gasteiger partial charge in [-0.3, -0.25) is 14.4 Å². The molecule has 0 radical (unpaired) electrons. The second-order valence-electron chi connectivity index (χ2n) is 14.6. The van der Waals surface area contributed by atoms with Crippen LogP contribution < -0.4 is 10.6 Å². The molecule has 9 atom stereocenters. The SMILES string of the molecule is C=C1NC2(CCCN(C(=O)/C=C(\C)CCOC3CC(O)C(O)C(C)O3)O2)C(=O)NC12CCCN(C(=O)/C=C(\C)CCOC(C)O)C2.OCC1CC1O. The van der Waals surface area contributed by atoms with Gasteiger partial charge in [-0.15, -0.1) is 0 Å². The van der Waals surface area contributed by atoms with Crippen LogP contribution in [0.1, 0.15) is 79.1 Å². The molecule has 1 aliphatic carbocycles. The lowest BCUT2D eigenvalue weighted by molar-refractivity contribution is -0.263. The van der Waals surface area contributed by atoms with E-state index in [9.17, 15) is 29.7 Å². The first-order chi connectivity index (χ1) is 24.6. The van der Waals surface area contributed by atoms with E-state index in [0.717, 1.165) is 17.6 Å². The number of carbonyl (C=O) groups excluding carboxylic acids is 3. The van der Waals surface area contributed by atoms with E-state index in [4.69, 9.17) is 29.3 Å². The van der Waals surface area contributed by atoms with Crippen LogP contribution in [-0.4, -0.2) is 141 Å². The molecule has 4 aliphatic heterocycles. The first-order valence-electron chi connectivity index (χ1n) is 18.2. The van der Waals surface area contributed by atoms with Crippen LogP contribution in [0.15, 0.2) is 35.6 Å². The van der Waals surface area contributed by atoms with E-state index in [-0.39, 0.29) is 44.1 Å². The van der Waals surface area contributed by atoms with E-state index < -0.39 is 54.0 Å². The number of piperazine rings is 1. The zero-order chi connectivity index (χ0) is 38.2. The van der Waals surface area contributed by atoms with Crippen LogP contribution in [0.4, 0.5) is 0 Å². The molecule has 294 valence electrons. The quantitative estimate of drug-likeness (QED) is 0.111. The van der Waals surface area contributed by atoms with Crippen molar-refractivity contribution in [3.63, 3.8) is 0 Å². The van der Waals surface area contributed by atoms with E-state index in [1.165, 1.54) is 18.1 Å². The average molecular weight is 739 g/mol. The molecule has 5 aliphatic rings. The third kappa shape index (κ3) is 11.1. The van der Waals surface area contributed by atoms with Gasteiger partial charge in [0.1, 0.15) is 6.10 Å².